The number of fused-ring (bicyclic) bond motifs is 1. The molecule has 0 spiro atoms. The number of amides is 3. The molecule has 1 aromatic heterocycles. The van der Waals surface area contributed by atoms with E-state index in [4.69, 9.17) is 16.3 Å². The number of aryl methyl sites for hydroxylation is 1. The Morgan fingerprint density at radius 2 is 1.64 bits per heavy atom. The highest BCUT2D eigenvalue weighted by Crippen LogP contribution is 2.37. The van der Waals surface area contributed by atoms with Gasteiger partial charge in [0.25, 0.3) is 11.8 Å². The Kier molecular flexibility index (Phi) is 11.9. The third kappa shape index (κ3) is 9.34. The first-order valence-corrected chi connectivity index (χ1v) is 17.4. The molecule has 1 aliphatic carbocycles. The minimum Gasteiger partial charge on any atom is -0.465 e. The van der Waals surface area contributed by atoms with Crippen LogP contribution in [-0.2, 0) is 27.2 Å². The van der Waals surface area contributed by atoms with Gasteiger partial charge in [-0.2, -0.15) is 0 Å². The minimum absolute atomic E-state index is 0.0464. The van der Waals surface area contributed by atoms with E-state index < -0.39 is 17.8 Å². The normalized spacial score (nSPS) is 13.0. The van der Waals surface area contributed by atoms with E-state index in [-0.39, 0.29) is 17.4 Å². The highest BCUT2D eigenvalue weighted by atomic mass is 35.5. The van der Waals surface area contributed by atoms with E-state index in [2.05, 4.69) is 16.0 Å². The summed E-state index contributed by atoms with van der Waals surface area (Å²) in [7, 11) is 1.36. The highest BCUT2D eigenvalue weighted by molar-refractivity contribution is 8.00. The number of benzene rings is 3. The number of thiophene rings is 1. The maximum absolute atomic E-state index is 13.4. The molecule has 4 aromatic rings. The van der Waals surface area contributed by atoms with Crippen LogP contribution in [-0.4, -0.2) is 36.6 Å². The van der Waals surface area contributed by atoms with E-state index >= 15 is 0 Å². The SMILES string of the molecule is COC(=O)c1c(NC(=O)CSc2cccc(NC(=O)/C(=C\c3ccc(Cl)cc3)NC(=O)c3ccccc3)c2)sc2c1CCCCCC2. The first-order chi connectivity index (χ1) is 22.8. The second-order valence-electron chi connectivity index (χ2n) is 10.9. The van der Waals surface area contributed by atoms with Gasteiger partial charge in [0.1, 0.15) is 10.7 Å². The van der Waals surface area contributed by atoms with Crippen LogP contribution in [0.5, 0.6) is 0 Å². The van der Waals surface area contributed by atoms with Gasteiger partial charge in [0.2, 0.25) is 5.91 Å². The lowest BCUT2D eigenvalue weighted by Gasteiger charge is -2.12. The fourth-order valence-corrected chi connectivity index (χ4v) is 7.34. The fourth-order valence-electron chi connectivity index (χ4n) is 5.17. The number of methoxy groups -OCH3 is 1. The molecule has 1 heterocycles. The van der Waals surface area contributed by atoms with Crippen molar-refractivity contribution in [3.63, 3.8) is 0 Å². The van der Waals surface area contributed by atoms with Crippen molar-refractivity contribution < 1.29 is 23.9 Å². The topological polar surface area (TPSA) is 114 Å². The van der Waals surface area contributed by atoms with Gasteiger partial charge in [-0.25, -0.2) is 4.79 Å². The van der Waals surface area contributed by atoms with E-state index in [0.29, 0.717) is 32.4 Å². The molecule has 0 radical (unpaired) electrons. The smallest absolute Gasteiger partial charge is 0.341 e. The molecule has 8 nitrogen and oxygen atoms in total. The number of esters is 1. The molecule has 0 unspecified atom stereocenters. The summed E-state index contributed by atoms with van der Waals surface area (Å²) in [6.45, 7) is 0. The van der Waals surface area contributed by atoms with E-state index in [9.17, 15) is 19.2 Å². The summed E-state index contributed by atoms with van der Waals surface area (Å²) in [5.74, 6) is -1.54. The zero-order valence-corrected chi connectivity index (χ0v) is 28.2. The Labute approximate surface area is 286 Å². The van der Waals surface area contributed by atoms with Crippen LogP contribution < -0.4 is 16.0 Å². The number of thioether (sulfide) groups is 1. The monoisotopic (exact) mass is 687 g/mol. The van der Waals surface area contributed by atoms with Crippen molar-refractivity contribution in [3.05, 3.63) is 117 Å². The predicted octanol–water partition coefficient (Wildman–Crippen LogP) is 7.99. The molecule has 0 aliphatic heterocycles. The van der Waals surface area contributed by atoms with Crippen molar-refractivity contribution in [1.29, 1.82) is 0 Å². The molecular weight excluding hydrogens is 654 g/mol. The minimum atomic E-state index is -0.521. The quantitative estimate of drug-likeness (QED) is 0.0885. The molecule has 1 aliphatic rings. The van der Waals surface area contributed by atoms with Gasteiger partial charge in [-0.05, 0) is 85.4 Å². The van der Waals surface area contributed by atoms with Crippen molar-refractivity contribution in [2.75, 3.05) is 23.5 Å². The number of nitrogens with one attached hydrogen (secondary N) is 3. The first kappa shape index (κ1) is 34.0. The molecule has 5 rings (SSSR count). The van der Waals surface area contributed by atoms with Crippen molar-refractivity contribution in [3.8, 4) is 0 Å². The molecular formula is C36H34ClN3O5S2. The summed E-state index contributed by atoms with van der Waals surface area (Å²) in [6.07, 6.45) is 7.60. The molecule has 0 saturated heterocycles. The highest BCUT2D eigenvalue weighted by Gasteiger charge is 2.26. The maximum atomic E-state index is 13.4. The number of hydrogen-bond donors (Lipinski definition) is 3. The Bertz CT molecular complexity index is 1790. The number of rotatable bonds is 10. The van der Waals surface area contributed by atoms with Gasteiger partial charge in [0.05, 0.1) is 18.4 Å². The van der Waals surface area contributed by atoms with Gasteiger partial charge in [-0.3, -0.25) is 14.4 Å². The second kappa shape index (κ2) is 16.4. The lowest BCUT2D eigenvalue weighted by Crippen LogP contribution is -2.30. The third-order valence-electron chi connectivity index (χ3n) is 7.49. The molecule has 47 heavy (non-hydrogen) atoms. The van der Waals surface area contributed by atoms with Crippen LogP contribution in [0.15, 0.2) is 89.5 Å². The van der Waals surface area contributed by atoms with Gasteiger partial charge >= 0.3 is 5.97 Å². The number of ether oxygens (including phenoxy) is 1. The maximum Gasteiger partial charge on any atom is 0.341 e. The van der Waals surface area contributed by atoms with E-state index in [1.165, 1.54) is 30.2 Å². The zero-order chi connectivity index (χ0) is 33.2. The van der Waals surface area contributed by atoms with Crippen molar-refractivity contribution in [2.45, 2.75) is 43.4 Å². The van der Waals surface area contributed by atoms with Crippen LogP contribution >= 0.6 is 34.7 Å². The van der Waals surface area contributed by atoms with Crippen LogP contribution in [0.4, 0.5) is 10.7 Å². The number of halogens is 1. The van der Waals surface area contributed by atoms with Crippen LogP contribution in [0.3, 0.4) is 0 Å². The lowest BCUT2D eigenvalue weighted by atomic mass is 9.96. The zero-order valence-electron chi connectivity index (χ0n) is 25.8. The predicted molar refractivity (Wildman–Crippen MR) is 189 cm³/mol. The molecule has 0 fully saturated rings. The van der Waals surface area contributed by atoms with Crippen molar-refractivity contribution in [1.82, 2.24) is 5.32 Å². The number of carbonyl (C=O) groups excluding carboxylic acids is 4. The molecule has 0 saturated carbocycles. The summed E-state index contributed by atoms with van der Waals surface area (Å²) in [5.41, 5.74) is 3.09. The van der Waals surface area contributed by atoms with E-state index in [1.807, 2.05) is 6.07 Å². The Morgan fingerprint density at radius 3 is 2.38 bits per heavy atom. The largest absolute Gasteiger partial charge is 0.465 e. The van der Waals surface area contributed by atoms with Gasteiger partial charge < -0.3 is 20.7 Å². The van der Waals surface area contributed by atoms with Gasteiger partial charge in [0, 0.05) is 26.0 Å². The van der Waals surface area contributed by atoms with Crippen LogP contribution in [0.1, 0.15) is 62.4 Å². The molecule has 0 bridgehead atoms. The number of hydrogen-bond acceptors (Lipinski definition) is 7. The van der Waals surface area contributed by atoms with Crippen molar-refractivity contribution in [2.24, 2.45) is 0 Å². The molecule has 242 valence electrons. The van der Waals surface area contributed by atoms with Gasteiger partial charge in [-0.15, -0.1) is 23.1 Å². The molecule has 11 heteroatoms. The Balaban J connectivity index is 1.26. The summed E-state index contributed by atoms with van der Waals surface area (Å²) < 4.78 is 5.07. The Hall–Kier alpha value is -4.38. The molecule has 3 aromatic carbocycles. The molecule has 3 N–H and O–H groups in total. The van der Waals surface area contributed by atoms with Crippen LogP contribution in [0, 0.1) is 0 Å². The second-order valence-corrected chi connectivity index (χ2v) is 13.5. The summed E-state index contributed by atoms with van der Waals surface area (Å²) >= 11 is 8.79. The summed E-state index contributed by atoms with van der Waals surface area (Å²) in [5, 5.41) is 9.61. The van der Waals surface area contributed by atoms with E-state index in [0.717, 1.165) is 53.9 Å². The van der Waals surface area contributed by atoms with Gasteiger partial charge in [0.15, 0.2) is 0 Å². The fraction of sp³-hybridized carbons (Fsp3) is 0.222. The Morgan fingerprint density at radius 1 is 0.894 bits per heavy atom. The average Bonchev–Trinajstić information content (AvgIpc) is 3.39. The lowest BCUT2D eigenvalue weighted by molar-refractivity contribution is -0.114. The van der Waals surface area contributed by atoms with Crippen molar-refractivity contribution >= 4 is 75.2 Å². The first-order valence-electron chi connectivity index (χ1n) is 15.2. The standard InChI is InChI=1S/C36H34ClN3O5S2/c1-45-36(44)32-28-14-7-2-3-8-15-30(28)47-35(32)40-31(41)22-46-27-13-9-12-26(21-27)38-34(43)29(20-23-16-18-25(37)19-17-23)39-33(42)24-10-5-4-6-11-24/h4-6,9-13,16-21H,2-3,7-8,14-15,22H2,1H3,(H,38,43)(H,39,42)(H,40,41)/b29-20+. The number of anilines is 2. The third-order valence-corrected chi connectivity index (χ3v) is 9.94. The van der Waals surface area contributed by atoms with Gasteiger partial charge in [-0.1, -0.05) is 60.8 Å². The average molecular weight is 688 g/mol. The van der Waals surface area contributed by atoms with Crippen LogP contribution in [0.2, 0.25) is 5.02 Å². The summed E-state index contributed by atoms with van der Waals surface area (Å²) in [6, 6.07) is 22.6. The number of carbonyl (C=O) groups is 4. The summed E-state index contributed by atoms with van der Waals surface area (Å²) in [4.78, 5) is 54.0. The molecule has 3 amide bonds. The van der Waals surface area contributed by atoms with Crippen LogP contribution in [0.25, 0.3) is 6.08 Å². The van der Waals surface area contributed by atoms with E-state index in [1.54, 1.807) is 78.9 Å². The molecule has 0 atom stereocenters.